The quantitative estimate of drug-likeness (QED) is 0.721. The van der Waals surface area contributed by atoms with Crippen LogP contribution in [0.1, 0.15) is 53.7 Å². The van der Waals surface area contributed by atoms with Crippen molar-refractivity contribution in [2.24, 2.45) is 11.8 Å². The standard InChI is InChI=1S/C22H27N3O5/c1-28-22(27)14-4-6-17(7-5-14)29-19-9-16-11-25(10-15(16)8-18(19)26)12-20-23-21(24-30-20)13-2-3-13/h4-7,13,15-16,18-19,26H,2-3,8-12H2,1H3/t15-,16+,18+,19+/m0/s1. The lowest BCUT2D eigenvalue weighted by Crippen LogP contribution is -2.42. The summed E-state index contributed by atoms with van der Waals surface area (Å²) < 4.78 is 16.2. The Balaban J connectivity index is 1.17. The van der Waals surface area contributed by atoms with Crippen LogP contribution in [0.25, 0.3) is 0 Å². The molecule has 0 radical (unpaired) electrons. The van der Waals surface area contributed by atoms with Gasteiger partial charge in [0, 0.05) is 19.0 Å². The lowest BCUT2D eigenvalue weighted by Gasteiger charge is -2.35. The third-order valence-corrected chi connectivity index (χ3v) is 6.51. The van der Waals surface area contributed by atoms with Crippen LogP contribution in [0.4, 0.5) is 0 Å². The van der Waals surface area contributed by atoms with Crippen LogP contribution in [0, 0.1) is 11.8 Å². The van der Waals surface area contributed by atoms with Gasteiger partial charge in [-0.15, -0.1) is 0 Å². The van der Waals surface area contributed by atoms with E-state index in [4.69, 9.17) is 14.0 Å². The smallest absolute Gasteiger partial charge is 0.337 e. The number of carbonyl (C=O) groups is 1. The zero-order valence-corrected chi connectivity index (χ0v) is 17.1. The maximum atomic E-state index is 11.6. The number of aliphatic hydroxyl groups excluding tert-OH is 1. The largest absolute Gasteiger partial charge is 0.488 e. The van der Waals surface area contributed by atoms with Crippen LogP contribution in [0.5, 0.6) is 5.75 Å². The first-order chi connectivity index (χ1) is 14.6. The fraction of sp³-hybridized carbons (Fsp3) is 0.591. The first kappa shape index (κ1) is 19.5. The van der Waals surface area contributed by atoms with Gasteiger partial charge in [-0.2, -0.15) is 4.98 Å². The number of hydrogen-bond acceptors (Lipinski definition) is 8. The minimum atomic E-state index is -0.503. The molecule has 5 rings (SSSR count). The molecule has 8 heteroatoms. The Kier molecular flexibility index (Phi) is 5.20. The van der Waals surface area contributed by atoms with Crippen molar-refractivity contribution in [3.8, 4) is 5.75 Å². The van der Waals surface area contributed by atoms with E-state index in [0.717, 1.165) is 44.6 Å². The van der Waals surface area contributed by atoms with E-state index < -0.39 is 6.10 Å². The second-order valence-electron chi connectivity index (χ2n) is 8.75. The summed E-state index contributed by atoms with van der Waals surface area (Å²) in [5, 5.41) is 14.7. The van der Waals surface area contributed by atoms with Gasteiger partial charge in [-0.3, -0.25) is 4.90 Å². The summed E-state index contributed by atoms with van der Waals surface area (Å²) >= 11 is 0. The highest BCUT2D eigenvalue weighted by Gasteiger charge is 2.43. The van der Waals surface area contributed by atoms with Crippen molar-refractivity contribution < 1.29 is 23.9 Å². The molecule has 0 unspecified atom stereocenters. The van der Waals surface area contributed by atoms with E-state index in [-0.39, 0.29) is 12.1 Å². The minimum absolute atomic E-state index is 0.250. The lowest BCUT2D eigenvalue weighted by molar-refractivity contribution is -0.0231. The number of nitrogens with zero attached hydrogens (tertiary/aromatic N) is 3. The van der Waals surface area contributed by atoms with E-state index in [9.17, 15) is 9.90 Å². The van der Waals surface area contributed by atoms with E-state index in [1.54, 1.807) is 24.3 Å². The number of aromatic nitrogens is 2. The predicted molar refractivity (Wildman–Crippen MR) is 106 cm³/mol. The number of likely N-dealkylation sites (tertiary alicyclic amines) is 1. The predicted octanol–water partition coefficient (Wildman–Crippen LogP) is 2.38. The Hall–Kier alpha value is -2.45. The van der Waals surface area contributed by atoms with Gasteiger partial charge >= 0.3 is 5.97 Å². The molecule has 1 saturated heterocycles. The van der Waals surface area contributed by atoms with Crippen LogP contribution in [0.3, 0.4) is 0 Å². The minimum Gasteiger partial charge on any atom is -0.488 e. The first-order valence-electron chi connectivity index (χ1n) is 10.7. The van der Waals surface area contributed by atoms with Gasteiger partial charge in [-0.25, -0.2) is 4.79 Å². The maximum absolute atomic E-state index is 11.6. The monoisotopic (exact) mass is 413 g/mol. The number of hydrogen-bond donors (Lipinski definition) is 1. The van der Waals surface area contributed by atoms with Crippen LogP contribution in [0.2, 0.25) is 0 Å². The summed E-state index contributed by atoms with van der Waals surface area (Å²) in [4.78, 5) is 18.5. The average molecular weight is 413 g/mol. The molecule has 1 aromatic carbocycles. The van der Waals surface area contributed by atoms with E-state index in [2.05, 4.69) is 15.0 Å². The number of rotatable bonds is 6. The van der Waals surface area contributed by atoms with Crippen LogP contribution < -0.4 is 4.74 Å². The molecule has 1 N–H and O–H groups in total. The highest BCUT2D eigenvalue weighted by Crippen LogP contribution is 2.40. The molecule has 1 aliphatic heterocycles. The lowest BCUT2D eigenvalue weighted by atomic mass is 9.78. The average Bonchev–Trinajstić information content (AvgIpc) is 3.38. The Bertz CT molecular complexity index is 894. The third kappa shape index (κ3) is 4.06. The summed E-state index contributed by atoms with van der Waals surface area (Å²) in [6, 6.07) is 6.85. The van der Waals surface area contributed by atoms with Crippen LogP contribution in [0.15, 0.2) is 28.8 Å². The molecule has 30 heavy (non-hydrogen) atoms. The van der Waals surface area contributed by atoms with Crippen molar-refractivity contribution in [2.45, 2.75) is 50.4 Å². The topological polar surface area (TPSA) is 97.9 Å². The highest BCUT2D eigenvalue weighted by molar-refractivity contribution is 5.89. The Morgan fingerprint density at radius 1 is 1.20 bits per heavy atom. The van der Waals surface area contributed by atoms with Crippen molar-refractivity contribution in [1.29, 1.82) is 0 Å². The molecule has 160 valence electrons. The van der Waals surface area contributed by atoms with Gasteiger partial charge in [0.2, 0.25) is 5.89 Å². The Morgan fingerprint density at radius 3 is 2.63 bits per heavy atom. The van der Waals surface area contributed by atoms with Crippen LogP contribution in [-0.2, 0) is 11.3 Å². The van der Waals surface area contributed by atoms with Crippen molar-refractivity contribution in [3.63, 3.8) is 0 Å². The summed E-state index contributed by atoms with van der Waals surface area (Å²) in [6.45, 7) is 2.55. The summed E-state index contributed by atoms with van der Waals surface area (Å²) in [5.41, 5.74) is 0.478. The summed E-state index contributed by atoms with van der Waals surface area (Å²) in [7, 11) is 1.36. The number of carbonyl (C=O) groups excluding carboxylic acids is 1. The van der Waals surface area contributed by atoms with E-state index in [1.807, 2.05) is 0 Å². The normalized spacial score (nSPS) is 28.9. The number of esters is 1. The molecule has 2 aliphatic carbocycles. The SMILES string of the molecule is COC(=O)c1ccc(O[C@@H]2C[C@@H]3CN(Cc4nc(C5CC5)no4)C[C@@H]3C[C@H]2O)cc1. The second kappa shape index (κ2) is 8.00. The molecule has 0 bridgehead atoms. The molecule has 2 aromatic rings. The molecule has 3 aliphatic rings. The van der Waals surface area contributed by atoms with Gasteiger partial charge in [0.05, 0.1) is 25.3 Å². The molecule has 2 heterocycles. The van der Waals surface area contributed by atoms with Crippen LogP contribution >= 0.6 is 0 Å². The van der Waals surface area contributed by atoms with Gasteiger partial charge in [-0.1, -0.05) is 5.16 Å². The molecule has 1 aromatic heterocycles. The highest BCUT2D eigenvalue weighted by atomic mass is 16.5. The van der Waals surface area contributed by atoms with Gasteiger partial charge < -0.3 is 19.1 Å². The molecule has 2 saturated carbocycles. The zero-order chi connectivity index (χ0) is 20.7. The second-order valence-corrected chi connectivity index (χ2v) is 8.75. The number of fused-ring (bicyclic) bond motifs is 1. The maximum Gasteiger partial charge on any atom is 0.337 e. The van der Waals surface area contributed by atoms with Gasteiger partial charge in [0.1, 0.15) is 11.9 Å². The van der Waals surface area contributed by atoms with E-state index in [0.29, 0.717) is 41.5 Å². The van der Waals surface area contributed by atoms with Crippen molar-refractivity contribution >= 4 is 5.97 Å². The molecular weight excluding hydrogens is 386 g/mol. The number of benzene rings is 1. The fourth-order valence-corrected chi connectivity index (χ4v) is 4.74. The first-order valence-corrected chi connectivity index (χ1v) is 10.7. The summed E-state index contributed by atoms with van der Waals surface area (Å²) in [6.07, 6.45) is 3.10. The number of aliphatic hydroxyl groups is 1. The molecule has 4 atom stereocenters. The van der Waals surface area contributed by atoms with Crippen molar-refractivity contribution in [1.82, 2.24) is 15.0 Å². The third-order valence-electron chi connectivity index (χ3n) is 6.51. The van der Waals surface area contributed by atoms with Gasteiger partial charge in [-0.05, 0) is 61.8 Å². The molecular formula is C22H27N3O5. The fourth-order valence-electron chi connectivity index (χ4n) is 4.74. The molecule has 0 spiro atoms. The van der Waals surface area contributed by atoms with Crippen molar-refractivity contribution in [2.75, 3.05) is 20.2 Å². The summed E-state index contributed by atoms with van der Waals surface area (Å²) in [5.74, 6) is 3.24. The molecule has 0 amide bonds. The van der Waals surface area contributed by atoms with Crippen molar-refractivity contribution in [3.05, 3.63) is 41.5 Å². The number of methoxy groups -OCH3 is 1. The Morgan fingerprint density at radius 2 is 1.93 bits per heavy atom. The van der Waals surface area contributed by atoms with E-state index in [1.165, 1.54) is 7.11 Å². The molecule has 8 nitrogen and oxygen atoms in total. The Labute approximate surface area is 175 Å². The van der Waals surface area contributed by atoms with Gasteiger partial charge in [0.15, 0.2) is 5.82 Å². The molecule has 3 fully saturated rings. The van der Waals surface area contributed by atoms with Crippen LogP contribution in [-0.4, -0.2) is 58.5 Å². The number of ether oxygens (including phenoxy) is 2. The zero-order valence-electron chi connectivity index (χ0n) is 17.1. The van der Waals surface area contributed by atoms with Gasteiger partial charge in [0.25, 0.3) is 0 Å². The van der Waals surface area contributed by atoms with E-state index >= 15 is 0 Å².